The van der Waals surface area contributed by atoms with Crippen molar-refractivity contribution in [3.05, 3.63) is 40.4 Å². The van der Waals surface area contributed by atoms with E-state index in [2.05, 4.69) is 9.97 Å². The van der Waals surface area contributed by atoms with Crippen LogP contribution in [0, 0.1) is 0 Å². The summed E-state index contributed by atoms with van der Waals surface area (Å²) in [6, 6.07) is 7.11. The summed E-state index contributed by atoms with van der Waals surface area (Å²) >= 11 is 0. The van der Waals surface area contributed by atoms with Crippen molar-refractivity contribution in [3.63, 3.8) is 0 Å². The van der Waals surface area contributed by atoms with E-state index in [0.717, 1.165) is 11.3 Å². The minimum Gasteiger partial charge on any atom is -0.486 e. The Labute approximate surface area is 123 Å². The molecule has 0 amide bonds. The maximum Gasteiger partial charge on any atom is 0.251 e. The summed E-state index contributed by atoms with van der Waals surface area (Å²) in [7, 11) is 0. The van der Waals surface area contributed by atoms with E-state index >= 15 is 0 Å². The molecular weight excluding hydrogens is 268 g/mol. The van der Waals surface area contributed by atoms with Gasteiger partial charge in [-0.25, -0.2) is 4.98 Å². The molecule has 0 aliphatic carbocycles. The number of nitrogens with one attached hydrogen (secondary N) is 1. The predicted octanol–water partition coefficient (Wildman–Crippen LogP) is 2.51. The van der Waals surface area contributed by atoms with Gasteiger partial charge in [0.2, 0.25) is 0 Å². The van der Waals surface area contributed by atoms with Gasteiger partial charge < -0.3 is 14.5 Å². The maximum atomic E-state index is 11.9. The smallest absolute Gasteiger partial charge is 0.251 e. The lowest BCUT2D eigenvalue weighted by Gasteiger charge is -2.20. The lowest BCUT2D eigenvalue weighted by atomic mass is 9.95. The number of aromatic amines is 1. The molecular formula is C16H18N2O3. The molecule has 0 saturated carbocycles. The second kappa shape index (κ2) is 4.91. The van der Waals surface area contributed by atoms with E-state index in [0.29, 0.717) is 30.5 Å². The van der Waals surface area contributed by atoms with E-state index in [4.69, 9.17) is 9.47 Å². The Morgan fingerprint density at radius 1 is 1.10 bits per heavy atom. The van der Waals surface area contributed by atoms with Gasteiger partial charge in [-0.1, -0.05) is 20.8 Å². The van der Waals surface area contributed by atoms with Gasteiger partial charge in [0, 0.05) is 17.0 Å². The van der Waals surface area contributed by atoms with E-state index in [1.54, 1.807) is 0 Å². The number of ether oxygens (including phenoxy) is 2. The first-order chi connectivity index (χ1) is 9.93. The molecule has 1 aromatic heterocycles. The molecule has 2 heterocycles. The highest BCUT2D eigenvalue weighted by Crippen LogP contribution is 2.34. The van der Waals surface area contributed by atoms with E-state index in [-0.39, 0.29) is 11.0 Å². The number of rotatable bonds is 1. The molecule has 1 N–H and O–H groups in total. The van der Waals surface area contributed by atoms with Crippen LogP contribution >= 0.6 is 0 Å². The van der Waals surface area contributed by atoms with Crippen LogP contribution in [0.5, 0.6) is 11.5 Å². The van der Waals surface area contributed by atoms with Crippen LogP contribution in [0.4, 0.5) is 0 Å². The molecule has 0 spiro atoms. The van der Waals surface area contributed by atoms with Gasteiger partial charge in [0.25, 0.3) is 5.56 Å². The van der Waals surface area contributed by atoms with Gasteiger partial charge in [0.05, 0.1) is 5.69 Å². The Morgan fingerprint density at radius 3 is 2.52 bits per heavy atom. The summed E-state index contributed by atoms with van der Waals surface area (Å²) in [5, 5.41) is 0. The molecule has 0 radical (unpaired) electrons. The zero-order chi connectivity index (χ0) is 15.0. The van der Waals surface area contributed by atoms with E-state index in [1.807, 2.05) is 39.0 Å². The van der Waals surface area contributed by atoms with Gasteiger partial charge in [-0.15, -0.1) is 0 Å². The van der Waals surface area contributed by atoms with E-state index in [9.17, 15) is 4.79 Å². The standard InChI is InChI=1S/C16H18N2O3/c1-16(2,3)15-17-11(9-14(19)18-15)10-4-5-12-13(8-10)21-7-6-20-12/h4-5,8-9H,6-7H2,1-3H3,(H,17,18,19). The summed E-state index contributed by atoms with van der Waals surface area (Å²) in [6.07, 6.45) is 0. The topological polar surface area (TPSA) is 64.2 Å². The van der Waals surface area contributed by atoms with Crippen molar-refractivity contribution in [2.24, 2.45) is 0 Å². The van der Waals surface area contributed by atoms with Crippen LogP contribution in [-0.2, 0) is 5.41 Å². The Hall–Kier alpha value is -2.30. The van der Waals surface area contributed by atoms with Crippen LogP contribution in [-0.4, -0.2) is 23.2 Å². The van der Waals surface area contributed by atoms with Gasteiger partial charge in [-0.2, -0.15) is 0 Å². The molecule has 0 atom stereocenters. The second-order valence-corrected chi connectivity index (χ2v) is 6.09. The highest BCUT2D eigenvalue weighted by molar-refractivity contribution is 5.64. The molecule has 0 bridgehead atoms. The normalized spacial score (nSPS) is 14.0. The fourth-order valence-corrected chi connectivity index (χ4v) is 2.16. The number of hydrogen-bond acceptors (Lipinski definition) is 4. The molecule has 2 aromatic rings. The summed E-state index contributed by atoms with van der Waals surface area (Å²) in [4.78, 5) is 19.2. The first-order valence-electron chi connectivity index (χ1n) is 6.95. The van der Waals surface area contributed by atoms with Gasteiger partial charge >= 0.3 is 0 Å². The van der Waals surface area contributed by atoms with Crippen LogP contribution < -0.4 is 15.0 Å². The molecule has 5 heteroatoms. The van der Waals surface area contributed by atoms with Crippen LogP contribution in [0.15, 0.2) is 29.1 Å². The average molecular weight is 286 g/mol. The molecule has 1 aromatic carbocycles. The fourth-order valence-electron chi connectivity index (χ4n) is 2.16. The van der Waals surface area contributed by atoms with Gasteiger partial charge in [-0.3, -0.25) is 4.79 Å². The van der Waals surface area contributed by atoms with Crippen LogP contribution in [0.1, 0.15) is 26.6 Å². The highest BCUT2D eigenvalue weighted by atomic mass is 16.6. The van der Waals surface area contributed by atoms with Gasteiger partial charge in [-0.05, 0) is 18.2 Å². The molecule has 1 aliphatic heterocycles. The summed E-state index contributed by atoms with van der Waals surface area (Å²) in [5.41, 5.74) is 1.11. The third-order valence-corrected chi connectivity index (χ3v) is 3.29. The van der Waals surface area contributed by atoms with Gasteiger partial charge in [0.1, 0.15) is 19.0 Å². The lowest BCUT2D eigenvalue weighted by molar-refractivity contribution is 0.171. The maximum absolute atomic E-state index is 11.9. The number of nitrogens with zero attached hydrogens (tertiary/aromatic N) is 1. The summed E-state index contributed by atoms with van der Waals surface area (Å²) < 4.78 is 11.1. The minimum atomic E-state index is -0.219. The van der Waals surface area contributed by atoms with Crippen molar-refractivity contribution in [2.75, 3.05) is 13.2 Å². The van der Waals surface area contributed by atoms with Crippen molar-refractivity contribution in [1.29, 1.82) is 0 Å². The Morgan fingerprint density at radius 2 is 1.81 bits per heavy atom. The Kier molecular flexibility index (Phi) is 3.20. The summed E-state index contributed by atoms with van der Waals surface area (Å²) in [5.74, 6) is 2.09. The molecule has 110 valence electrons. The van der Waals surface area contributed by atoms with Crippen molar-refractivity contribution >= 4 is 0 Å². The van der Waals surface area contributed by atoms with E-state index in [1.165, 1.54) is 6.07 Å². The zero-order valence-electron chi connectivity index (χ0n) is 12.4. The van der Waals surface area contributed by atoms with Crippen molar-refractivity contribution in [1.82, 2.24) is 9.97 Å². The van der Waals surface area contributed by atoms with E-state index < -0.39 is 0 Å². The number of hydrogen-bond donors (Lipinski definition) is 1. The first kappa shape index (κ1) is 13.7. The Bertz CT molecular complexity index is 729. The van der Waals surface area contributed by atoms with Crippen molar-refractivity contribution in [2.45, 2.75) is 26.2 Å². The fraction of sp³-hybridized carbons (Fsp3) is 0.375. The largest absolute Gasteiger partial charge is 0.486 e. The number of benzene rings is 1. The highest BCUT2D eigenvalue weighted by Gasteiger charge is 2.19. The molecule has 3 rings (SSSR count). The minimum absolute atomic E-state index is 0.153. The molecule has 0 saturated heterocycles. The first-order valence-corrected chi connectivity index (χ1v) is 6.95. The third kappa shape index (κ3) is 2.77. The lowest BCUT2D eigenvalue weighted by Crippen LogP contribution is -2.22. The average Bonchev–Trinajstić information content (AvgIpc) is 2.45. The van der Waals surface area contributed by atoms with Crippen LogP contribution in [0.25, 0.3) is 11.3 Å². The number of fused-ring (bicyclic) bond motifs is 1. The third-order valence-electron chi connectivity index (χ3n) is 3.29. The molecule has 0 fully saturated rings. The van der Waals surface area contributed by atoms with Crippen molar-refractivity contribution in [3.8, 4) is 22.8 Å². The molecule has 0 unspecified atom stereocenters. The Balaban J connectivity index is 2.08. The van der Waals surface area contributed by atoms with Crippen LogP contribution in [0.3, 0.4) is 0 Å². The van der Waals surface area contributed by atoms with Crippen molar-refractivity contribution < 1.29 is 9.47 Å². The van der Waals surface area contributed by atoms with Crippen LogP contribution in [0.2, 0.25) is 0 Å². The molecule has 21 heavy (non-hydrogen) atoms. The SMILES string of the molecule is CC(C)(C)c1nc(-c2ccc3c(c2)OCCO3)cc(=O)[nH]1. The second-order valence-electron chi connectivity index (χ2n) is 6.09. The monoisotopic (exact) mass is 286 g/mol. The molecule has 1 aliphatic rings. The zero-order valence-corrected chi connectivity index (χ0v) is 12.4. The number of H-pyrrole nitrogens is 1. The number of aromatic nitrogens is 2. The predicted molar refractivity (Wildman–Crippen MR) is 80.0 cm³/mol. The quantitative estimate of drug-likeness (QED) is 0.875. The summed E-state index contributed by atoms with van der Waals surface area (Å²) in [6.45, 7) is 7.13. The van der Waals surface area contributed by atoms with Gasteiger partial charge in [0.15, 0.2) is 11.5 Å². The molecule has 5 nitrogen and oxygen atoms in total.